The molecule has 0 saturated carbocycles. The van der Waals surface area contributed by atoms with E-state index in [1.807, 2.05) is 42.5 Å². The van der Waals surface area contributed by atoms with Crippen molar-refractivity contribution < 1.29 is 4.43 Å². The lowest BCUT2D eigenvalue weighted by molar-refractivity contribution is 0.518. The fourth-order valence-electron chi connectivity index (χ4n) is 1.82. The van der Waals surface area contributed by atoms with Crippen molar-refractivity contribution in [1.82, 2.24) is 0 Å². The molecule has 0 aromatic heterocycles. The van der Waals surface area contributed by atoms with Crippen molar-refractivity contribution in [2.75, 3.05) is 0 Å². The van der Waals surface area contributed by atoms with Crippen LogP contribution in [0.4, 0.5) is 0 Å². The van der Waals surface area contributed by atoms with E-state index in [2.05, 4.69) is 37.8 Å². The summed E-state index contributed by atoms with van der Waals surface area (Å²) in [5, 5.41) is 0.737. The molecule has 0 aliphatic rings. The Morgan fingerprint density at radius 1 is 0.950 bits per heavy atom. The zero-order chi connectivity index (χ0) is 14.6. The second kappa shape index (κ2) is 6.29. The third-order valence-electron chi connectivity index (χ3n) is 2.64. The van der Waals surface area contributed by atoms with E-state index in [1.54, 1.807) is 0 Å². The summed E-state index contributed by atoms with van der Waals surface area (Å²) in [6, 6.07) is 18.0. The van der Waals surface area contributed by atoms with Gasteiger partial charge in [-0.3, -0.25) is 0 Å². The quantitative estimate of drug-likeness (QED) is 0.400. The summed E-state index contributed by atoms with van der Waals surface area (Å²) in [4.78, 5) is 0. The van der Waals surface area contributed by atoms with Crippen LogP contribution in [-0.4, -0.2) is 8.32 Å². The molecule has 0 aliphatic heterocycles. The molecule has 3 heteroatoms. The van der Waals surface area contributed by atoms with Crippen LogP contribution >= 0.6 is 11.6 Å². The molecular formula is C17H19ClOSi. The minimum absolute atomic E-state index is 0.737. The molecule has 0 atom stereocenters. The van der Waals surface area contributed by atoms with E-state index >= 15 is 0 Å². The predicted molar refractivity (Wildman–Crippen MR) is 90.2 cm³/mol. The van der Waals surface area contributed by atoms with Gasteiger partial charge in [0.15, 0.2) is 0 Å². The standard InChI is InChI=1S/C17H19ClOSi/c1-20(2,3)19-17(13-14-7-5-4-6-8-14)15-9-11-16(18)12-10-15/h4-13H,1-3H3/b17-13+. The van der Waals surface area contributed by atoms with Gasteiger partial charge in [0, 0.05) is 10.6 Å². The summed E-state index contributed by atoms with van der Waals surface area (Å²) in [7, 11) is -1.67. The van der Waals surface area contributed by atoms with Crippen molar-refractivity contribution in [2.45, 2.75) is 19.6 Å². The number of hydrogen-bond acceptors (Lipinski definition) is 1. The van der Waals surface area contributed by atoms with Crippen molar-refractivity contribution >= 4 is 31.8 Å². The Labute approximate surface area is 127 Å². The van der Waals surface area contributed by atoms with Crippen molar-refractivity contribution in [2.24, 2.45) is 0 Å². The van der Waals surface area contributed by atoms with E-state index < -0.39 is 8.32 Å². The lowest BCUT2D eigenvalue weighted by atomic mass is 10.1. The Morgan fingerprint density at radius 2 is 1.55 bits per heavy atom. The number of hydrogen-bond donors (Lipinski definition) is 0. The van der Waals surface area contributed by atoms with Crippen LogP contribution in [-0.2, 0) is 4.43 Å². The van der Waals surface area contributed by atoms with E-state index in [9.17, 15) is 0 Å². The van der Waals surface area contributed by atoms with Gasteiger partial charge < -0.3 is 4.43 Å². The normalized spacial score (nSPS) is 12.3. The van der Waals surface area contributed by atoms with Crippen LogP contribution in [0.25, 0.3) is 11.8 Å². The summed E-state index contributed by atoms with van der Waals surface area (Å²) in [6.07, 6.45) is 2.08. The van der Waals surface area contributed by atoms with Crippen LogP contribution in [0, 0.1) is 0 Å². The summed E-state index contributed by atoms with van der Waals surface area (Å²) in [5.41, 5.74) is 2.19. The van der Waals surface area contributed by atoms with E-state index in [4.69, 9.17) is 16.0 Å². The molecule has 0 unspecified atom stereocenters. The maximum Gasteiger partial charge on any atom is 0.242 e. The Hall–Kier alpha value is -1.51. The first kappa shape index (κ1) is 14.9. The molecule has 2 rings (SSSR count). The van der Waals surface area contributed by atoms with Gasteiger partial charge in [0.05, 0.1) is 0 Å². The van der Waals surface area contributed by atoms with E-state index in [0.717, 1.165) is 21.9 Å². The topological polar surface area (TPSA) is 9.23 Å². The first-order chi connectivity index (χ1) is 9.44. The van der Waals surface area contributed by atoms with Crippen molar-refractivity contribution in [1.29, 1.82) is 0 Å². The highest BCUT2D eigenvalue weighted by molar-refractivity contribution is 6.70. The van der Waals surface area contributed by atoms with Crippen LogP contribution in [0.1, 0.15) is 11.1 Å². The molecule has 2 aromatic rings. The Morgan fingerprint density at radius 3 is 2.10 bits per heavy atom. The Bertz CT molecular complexity index is 583. The fourth-order valence-corrected chi connectivity index (χ4v) is 2.78. The van der Waals surface area contributed by atoms with E-state index in [-0.39, 0.29) is 0 Å². The molecule has 0 saturated heterocycles. The molecule has 20 heavy (non-hydrogen) atoms. The van der Waals surface area contributed by atoms with Crippen molar-refractivity contribution in [3.8, 4) is 0 Å². The molecule has 2 aromatic carbocycles. The molecule has 0 heterocycles. The van der Waals surface area contributed by atoms with E-state index in [0.29, 0.717) is 0 Å². The number of halogens is 1. The fraction of sp³-hybridized carbons (Fsp3) is 0.176. The molecule has 0 N–H and O–H groups in total. The number of benzene rings is 2. The maximum atomic E-state index is 6.22. The number of rotatable bonds is 4. The molecule has 0 amide bonds. The molecular weight excluding hydrogens is 284 g/mol. The second-order valence-electron chi connectivity index (χ2n) is 5.64. The lowest BCUT2D eigenvalue weighted by Gasteiger charge is -2.22. The molecule has 1 nitrogen and oxygen atoms in total. The lowest BCUT2D eigenvalue weighted by Crippen LogP contribution is -2.24. The van der Waals surface area contributed by atoms with Gasteiger partial charge in [0.2, 0.25) is 8.32 Å². The van der Waals surface area contributed by atoms with Gasteiger partial charge in [0.1, 0.15) is 5.76 Å². The minimum atomic E-state index is -1.67. The zero-order valence-electron chi connectivity index (χ0n) is 12.1. The van der Waals surface area contributed by atoms with Crippen LogP contribution in [0.3, 0.4) is 0 Å². The molecule has 104 valence electrons. The van der Waals surface area contributed by atoms with Gasteiger partial charge >= 0.3 is 0 Å². The van der Waals surface area contributed by atoms with Crippen LogP contribution in [0.15, 0.2) is 54.6 Å². The molecule has 0 bridgehead atoms. The zero-order valence-corrected chi connectivity index (χ0v) is 13.8. The summed E-state index contributed by atoms with van der Waals surface area (Å²) in [6.45, 7) is 6.55. The van der Waals surface area contributed by atoms with Crippen LogP contribution in [0.2, 0.25) is 24.7 Å². The Balaban J connectivity index is 2.39. The highest BCUT2D eigenvalue weighted by Gasteiger charge is 2.18. The van der Waals surface area contributed by atoms with Gasteiger partial charge in [-0.15, -0.1) is 0 Å². The maximum absolute atomic E-state index is 6.22. The monoisotopic (exact) mass is 302 g/mol. The first-order valence-corrected chi connectivity index (χ1v) is 10.4. The molecule has 0 spiro atoms. The third-order valence-corrected chi connectivity index (χ3v) is 3.73. The molecule has 0 fully saturated rings. The predicted octanol–water partition coefficient (Wildman–Crippen LogP) is 5.69. The highest BCUT2D eigenvalue weighted by atomic mass is 35.5. The largest absolute Gasteiger partial charge is 0.544 e. The molecule has 0 aliphatic carbocycles. The van der Waals surface area contributed by atoms with Gasteiger partial charge in [-0.05, 0) is 55.5 Å². The van der Waals surface area contributed by atoms with Gasteiger partial charge in [-0.1, -0.05) is 41.9 Å². The van der Waals surface area contributed by atoms with Gasteiger partial charge in [-0.2, -0.15) is 0 Å². The smallest absolute Gasteiger partial charge is 0.242 e. The van der Waals surface area contributed by atoms with Gasteiger partial charge in [-0.25, -0.2) is 0 Å². The van der Waals surface area contributed by atoms with Crippen LogP contribution in [0.5, 0.6) is 0 Å². The summed E-state index contributed by atoms with van der Waals surface area (Å²) < 4.78 is 6.22. The van der Waals surface area contributed by atoms with Crippen LogP contribution < -0.4 is 0 Å². The Kier molecular flexibility index (Phi) is 4.68. The summed E-state index contributed by atoms with van der Waals surface area (Å²) in [5.74, 6) is 0.909. The average Bonchev–Trinajstić information content (AvgIpc) is 2.38. The highest BCUT2D eigenvalue weighted by Crippen LogP contribution is 2.25. The molecule has 0 radical (unpaired) electrons. The third kappa shape index (κ3) is 4.55. The van der Waals surface area contributed by atoms with Crippen molar-refractivity contribution in [3.63, 3.8) is 0 Å². The SMILES string of the molecule is C[Si](C)(C)O/C(=C/c1ccccc1)c1ccc(Cl)cc1. The first-order valence-electron chi connectivity index (χ1n) is 6.66. The summed E-state index contributed by atoms with van der Waals surface area (Å²) >= 11 is 5.96. The van der Waals surface area contributed by atoms with Gasteiger partial charge in [0.25, 0.3) is 0 Å². The second-order valence-corrected chi connectivity index (χ2v) is 10.5. The van der Waals surface area contributed by atoms with E-state index in [1.165, 1.54) is 0 Å². The minimum Gasteiger partial charge on any atom is -0.544 e. The van der Waals surface area contributed by atoms with Crippen molar-refractivity contribution in [3.05, 3.63) is 70.7 Å². The average molecular weight is 303 g/mol.